The lowest BCUT2D eigenvalue weighted by Gasteiger charge is -2.27. The molecule has 414 valence electrons. The summed E-state index contributed by atoms with van der Waals surface area (Å²) in [6, 6.07) is 2.56. The highest BCUT2D eigenvalue weighted by Crippen LogP contribution is 2.14. The number of rotatable bonds is 33. The van der Waals surface area contributed by atoms with Crippen LogP contribution in [0.2, 0.25) is 0 Å². The first-order valence-corrected chi connectivity index (χ1v) is 24.6. The van der Waals surface area contributed by atoms with Crippen molar-refractivity contribution < 1.29 is 68.1 Å². The maximum absolute atomic E-state index is 14.1. The summed E-state index contributed by atoms with van der Waals surface area (Å²) in [7, 11) is 0. The summed E-state index contributed by atoms with van der Waals surface area (Å²) in [5.74, 6) is -12.9. The van der Waals surface area contributed by atoms with Gasteiger partial charge in [0.15, 0.2) is 0 Å². The van der Waals surface area contributed by atoms with E-state index in [2.05, 4.69) is 42.5 Å². The Hall–Kier alpha value is -7.67. The Bertz CT molecular complexity index is 2280. The molecule has 0 heterocycles. The van der Waals surface area contributed by atoms with E-state index in [4.69, 9.17) is 17.2 Å². The van der Waals surface area contributed by atoms with Gasteiger partial charge in [-0.25, -0.2) is 4.79 Å². The first kappa shape index (κ1) is 63.4. The van der Waals surface area contributed by atoms with E-state index >= 15 is 0 Å². The molecule has 17 N–H and O–H groups in total. The quantitative estimate of drug-likeness (QED) is 0.0342. The van der Waals surface area contributed by atoms with Crippen LogP contribution in [0.25, 0.3) is 0 Å². The summed E-state index contributed by atoms with van der Waals surface area (Å²) in [4.78, 5) is 145. The molecular weight excluding hydrogens is 979 g/mol. The Balaban J connectivity index is 2.31. The molecular formula is C50H75N11O14. The highest BCUT2D eigenvalue weighted by molar-refractivity contribution is 5.99. The van der Waals surface area contributed by atoms with Gasteiger partial charge in [0, 0.05) is 12.8 Å². The maximum Gasteiger partial charge on any atom is 0.326 e. The number of nitrogens with one attached hydrogen (secondary N) is 8. The zero-order valence-electron chi connectivity index (χ0n) is 43.2. The number of amides is 9. The van der Waals surface area contributed by atoms with E-state index in [1.165, 1.54) is 38.1 Å². The van der Waals surface area contributed by atoms with Crippen molar-refractivity contribution in [3.05, 3.63) is 65.7 Å². The molecule has 0 bridgehead atoms. The molecule has 2 aromatic rings. The molecule has 75 heavy (non-hydrogen) atoms. The second-order valence-electron chi connectivity index (χ2n) is 19.2. The monoisotopic (exact) mass is 1050 g/mol. The molecule has 0 radical (unpaired) electrons. The number of aliphatic carboxylic acids is 2. The molecule has 0 saturated carbocycles. The molecule has 0 spiro atoms. The van der Waals surface area contributed by atoms with E-state index in [-0.39, 0.29) is 30.9 Å². The van der Waals surface area contributed by atoms with Crippen molar-refractivity contribution in [2.24, 2.45) is 35.0 Å². The summed E-state index contributed by atoms with van der Waals surface area (Å²) in [6.07, 6.45) is -0.536. The van der Waals surface area contributed by atoms with Crippen LogP contribution in [0.3, 0.4) is 0 Å². The Morgan fingerprint density at radius 2 is 1.00 bits per heavy atom. The zero-order chi connectivity index (χ0) is 56.5. The molecule has 25 heteroatoms. The van der Waals surface area contributed by atoms with Crippen molar-refractivity contribution in [1.82, 2.24) is 42.5 Å². The fourth-order valence-electron chi connectivity index (χ4n) is 7.45. The minimum atomic E-state index is -1.87. The van der Waals surface area contributed by atoms with E-state index in [9.17, 15) is 68.1 Å². The number of carbonyl (C=O) groups excluding carboxylic acids is 9. The van der Waals surface area contributed by atoms with Gasteiger partial charge < -0.3 is 75.1 Å². The molecule has 0 aliphatic rings. The van der Waals surface area contributed by atoms with Gasteiger partial charge in [0.2, 0.25) is 53.2 Å². The summed E-state index contributed by atoms with van der Waals surface area (Å²) >= 11 is 0. The number of carboxylic acids is 2. The summed E-state index contributed by atoms with van der Waals surface area (Å²) in [5, 5.41) is 48.8. The molecule has 0 aliphatic heterocycles. The Morgan fingerprint density at radius 1 is 0.533 bits per heavy atom. The summed E-state index contributed by atoms with van der Waals surface area (Å²) < 4.78 is 0. The number of hydrogen-bond acceptors (Lipinski definition) is 14. The first-order chi connectivity index (χ1) is 35.2. The number of primary amides is 1. The average molecular weight is 1050 g/mol. The second kappa shape index (κ2) is 31.8. The Morgan fingerprint density at radius 3 is 1.51 bits per heavy atom. The van der Waals surface area contributed by atoms with E-state index < -0.39 is 145 Å². The molecule has 0 aliphatic carbocycles. The van der Waals surface area contributed by atoms with Gasteiger partial charge in [0.05, 0.1) is 25.4 Å². The van der Waals surface area contributed by atoms with Gasteiger partial charge in [-0.3, -0.25) is 47.9 Å². The number of carboxylic acid groups (broad SMARTS) is 2. The lowest BCUT2D eigenvalue weighted by Crippen LogP contribution is -2.60. The number of aromatic hydroxyl groups is 1. The van der Waals surface area contributed by atoms with Gasteiger partial charge >= 0.3 is 11.9 Å². The minimum Gasteiger partial charge on any atom is -0.508 e. The van der Waals surface area contributed by atoms with Crippen molar-refractivity contribution in [3.63, 3.8) is 0 Å². The summed E-state index contributed by atoms with van der Waals surface area (Å²) in [6.45, 7) is 9.31. The predicted octanol–water partition coefficient (Wildman–Crippen LogP) is -2.06. The second-order valence-corrected chi connectivity index (χ2v) is 19.2. The van der Waals surface area contributed by atoms with Crippen LogP contribution in [0, 0.1) is 17.8 Å². The van der Waals surface area contributed by atoms with Crippen molar-refractivity contribution in [2.75, 3.05) is 13.1 Å². The van der Waals surface area contributed by atoms with E-state index in [0.717, 1.165) is 0 Å². The van der Waals surface area contributed by atoms with Gasteiger partial charge in [-0.05, 0) is 66.8 Å². The fraction of sp³-hybridized carbons (Fsp3) is 0.540. The largest absolute Gasteiger partial charge is 0.508 e. The molecule has 2 aromatic carbocycles. The van der Waals surface area contributed by atoms with Gasteiger partial charge in [-0.1, -0.05) is 90.4 Å². The third-order valence-corrected chi connectivity index (χ3v) is 11.5. The zero-order valence-corrected chi connectivity index (χ0v) is 43.2. The molecule has 0 fully saturated rings. The number of carbonyl (C=O) groups is 11. The van der Waals surface area contributed by atoms with Gasteiger partial charge in [0.25, 0.3) is 0 Å². The van der Waals surface area contributed by atoms with Gasteiger partial charge in [0.1, 0.15) is 48.0 Å². The topological polar surface area (TPSA) is 423 Å². The fourth-order valence-corrected chi connectivity index (χ4v) is 7.45. The molecule has 0 unspecified atom stereocenters. The van der Waals surface area contributed by atoms with E-state index in [1.54, 1.807) is 58.0 Å². The number of benzene rings is 2. The number of phenolic OH excluding ortho intramolecular Hbond substituents is 1. The van der Waals surface area contributed by atoms with Crippen molar-refractivity contribution in [1.29, 1.82) is 0 Å². The smallest absolute Gasteiger partial charge is 0.326 e. The normalized spacial score (nSPS) is 14.3. The van der Waals surface area contributed by atoms with E-state index in [0.29, 0.717) is 36.9 Å². The minimum absolute atomic E-state index is 0.119. The van der Waals surface area contributed by atoms with Crippen molar-refractivity contribution in [2.45, 2.75) is 141 Å². The lowest BCUT2D eigenvalue weighted by molar-refractivity contribution is -0.143. The van der Waals surface area contributed by atoms with Crippen LogP contribution >= 0.6 is 0 Å². The molecule has 0 aromatic heterocycles. The van der Waals surface area contributed by atoms with Gasteiger partial charge in [-0.15, -0.1) is 0 Å². The predicted molar refractivity (Wildman–Crippen MR) is 272 cm³/mol. The molecule has 0 saturated heterocycles. The highest BCUT2D eigenvalue weighted by atomic mass is 16.4. The standard InChI is InChI=1S/C50H75N11O14/c1-26(2)20-33(56-43(67)32(52)14-10-11-19-51)44(68)59-36(23-38(53)63)48(72)60-41(27(3)4)49(73)54-25-39(64)55-37(24-40(65)66)46(70)57-34(22-30-15-17-31(62)18-16-30)45(69)58-35(21-29-12-8-7-9-13-29)47(71)61-42(28(5)6)50(74)75/h7-9,12-13,15-18,26-28,32-37,41-42,62H,10-11,14,19-25,51-52H2,1-6H3,(H2,53,63)(H,54,73)(H,55,64)(H,56,67)(H,57,70)(H,58,69)(H,59,68)(H,60,72)(H,61,71)(H,65,66)(H,74,75)/t32-,33-,34-,35-,36-,37-,41-,42-/m0/s1. The SMILES string of the molecule is CC(C)C[C@H](NC(=O)[C@@H](N)CCCCN)C(=O)N[C@@H](CC(N)=O)C(=O)N[C@H](C(=O)NCC(=O)N[C@@H](CC(=O)O)C(=O)N[C@@H](Cc1ccc(O)cc1)C(=O)N[C@@H](Cc1ccccc1)C(=O)N[C@H](C(=O)O)C(C)C)C(C)C. The van der Waals surface area contributed by atoms with Crippen LogP contribution in [0.1, 0.15) is 91.2 Å². The van der Waals surface area contributed by atoms with Crippen LogP contribution in [0.15, 0.2) is 54.6 Å². The highest BCUT2D eigenvalue weighted by Gasteiger charge is 2.35. The van der Waals surface area contributed by atoms with Crippen LogP contribution in [0.5, 0.6) is 5.75 Å². The van der Waals surface area contributed by atoms with Crippen LogP contribution in [-0.2, 0) is 65.6 Å². The lowest BCUT2D eigenvalue weighted by atomic mass is 10.00. The van der Waals surface area contributed by atoms with E-state index in [1.807, 2.05) is 0 Å². The number of phenols is 1. The van der Waals surface area contributed by atoms with Crippen molar-refractivity contribution >= 4 is 65.1 Å². The van der Waals surface area contributed by atoms with Crippen LogP contribution in [0.4, 0.5) is 0 Å². The average Bonchev–Trinajstić information content (AvgIpc) is 3.33. The van der Waals surface area contributed by atoms with Crippen LogP contribution < -0.4 is 59.7 Å². The third-order valence-electron chi connectivity index (χ3n) is 11.5. The first-order valence-electron chi connectivity index (χ1n) is 24.6. The van der Waals surface area contributed by atoms with Gasteiger partial charge in [-0.2, -0.15) is 0 Å². The number of unbranched alkanes of at least 4 members (excludes halogenated alkanes) is 1. The van der Waals surface area contributed by atoms with Crippen LogP contribution in [-0.4, -0.2) is 142 Å². The summed E-state index contributed by atoms with van der Waals surface area (Å²) in [5.41, 5.74) is 17.9. The molecule has 2 rings (SSSR count). The number of hydrogen-bond donors (Lipinski definition) is 14. The molecule has 9 amide bonds. The molecule has 8 atom stereocenters. The Kier molecular flexibility index (Phi) is 26.9. The van der Waals surface area contributed by atoms with Crippen molar-refractivity contribution in [3.8, 4) is 5.75 Å². The maximum atomic E-state index is 14.1. The molecule has 25 nitrogen and oxygen atoms in total. The Labute approximate surface area is 435 Å². The number of nitrogens with two attached hydrogens (primary N) is 3. The third kappa shape index (κ3) is 23.4.